The van der Waals surface area contributed by atoms with Crippen molar-refractivity contribution >= 4 is 28.4 Å². The molecule has 156 valence electrons. The van der Waals surface area contributed by atoms with E-state index in [9.17, 15) is 22.8 Å². The Morgan fingerprint density at radius 3 is 2.77 bits per heavy atom. The SMILES string of the molecule is O=C(NCCc1c[nH]c2ccccc12)[C@@H]1CC(=O)N(c2cccc(C(F)(F)F)c2)C1. The van der Waals surface area contributed by atoms with E-state index in [0.717, 1.165) is 28.6 Å². The number of para-hydroxylation sites is 1. The smallest absolute Gasteiger partial charge is 0.361 e. The first-order valence-corrected chi connectivity index (χ1v) is 9.63. The molecule has 1 saturated heterocycles. The average molecular weight is 415 g/mol. The summed E-state index contributed by atoms with van der Waals surface area (Å²) in [4.78, 5) is 29.3. The molecule has 2 amide bonds. The molecule has 1 aliphatic rings. The minimum atomic E-state index is -4.49. The molecule has 0 saturated carbocycles. The summed E-state index contributed by atoms with van der Waals surface area (Å²) in [6, 6.07) is 12.5. The highest BCUT2D eigenvalue weighted by Crippen LogP contribution is 2.33. The molecular weight excluding hydrogens is 395 g/mol. The van der Waals surface area contributed by atoms with Gasteiger partial charge >= 0.3 is 6.18 Å². The molecule has 0 radical (unpaired) electrons. The molecule has 1 fully saturated rings. The van der Waals surface area contributed by atoms with Gasteiger partial charge in [-0.25, -0.2) is 0 Å². The number of fused-ring (bicyclic) bond motifs is 1. The Morgan fingerprint density at radius 1 is 1.17 bits per heavy atom. The van der Waals surface area contributed by atoms with Gasteiger partial charge in [0.1, 0.15) is 0 Å². The van der Waals surface area contributed by atoms with Gasteiger partial charge in [0.05, 0.1) is 11.5 Å². The van der Waals surface area contributed by atoms with Crippen molar-refractivity contribution in [1.29, 1.82) is 0 Å². The lowest BCUT2D eigenvalue weighted by Crippen LogP contribution is -2.34. The van der Waals surface area contributed by atoms with Crippen LogP contribution in [-0.2, 0) is 22.2 Å². The molecule has 2 aromatic carbocycles. The Kier molecular flexibility index (Phi) is 5.24. The van der Waals surface area contributed by atoms with Crippen molar-refractivity contribution in [3.63, 3.8) is 0 Å². The summed E-state index contributed by atoms with van der Waals surface area (Å²) in [5, 5.41) is 3.94. The van der Waals surface area contributed by atoms with E-state index in [0.29, 0.717) is 13.0 Å². The van der Waals surface area contributed by atoms with Gasteiger partial charge in [0.2, 0.25) is 11.8 Å². The molecule has 3 aromatic rings. The van der Waals surface area contributed by atoms with Gasteiger partial charge in [-0.05, 0) is 36.2 Å². The normalized spacial score (nSPS) is 17.0. The van der Waals surface area contributed by atoms with Crippen molar-refractivity contribution in [1.82, 2.24) is 10.3 Å². The number of H-pyrrole nitrogens is 1. The maximum absolute atomic E-state index is 12.9. The second-order valence-electron chi connectivity index (χ2n) is 7.35. The van der Waals surface area contributed by atoms with Gasteiger partial charge in [-0.3, -0.25) is 9.59 Å². The third-order valence-corrected chi connectivity index (χ3v) is 5.35. The van der Waals surface area contributed by atoms with Gasteiger partial charge in [-0.1, -0.05) is 24.3 Å². The molecule has 30 heavy (non-hydrogen) atoms. The van der Waals surface area contributed by atoms with E-state index in [1.54, 1.807) is 0 Å². The van der Waals surface area contributed by atoms with Gasteiger partial charge in [0, 0.05) is 42.3 Å². The van der Waals surface area contributed by atoms with Gasteiger partial charge < -0.3 is 15.2 Å². The van der Waals surface area contributed by atoms with Gasteiger partial charge in [-0.15, -0.1) is 0 Å². The summed E-state index contributed by atoms with van der Waals surface area (Å²) in [5.41, 5.74) is 1.44. The van der Waals surface area contributed by atoms with E-state index < -0.39 is 17.7 Å². The predicted octanol–water partition coefficient (Wildman–Crippen LogP) is 3.90. The summed E-state index contributed by atoms with van der Waals surface area (Å²) in [6.45, 7) is 0.480. The molecule has 0 aliphatic carbocycles. The zero-order valence-electron chi connectivity index (χ0n) is 16.0. The molecule has 0 unspecified atom stereocenters. The van der Waals surface area contributed by atoms with Gasteiger partial charge in [0.15, 0.2) is 0 Å². The summed E-state index contributed by atoms with van der Waals surface area (Å²) < 4.78 is 38.8. The van der Waals surface area contributed by atoms with Crippen LogP contribution in [0.2, 0.25) is 0 Å². The Hall–Kier alpha value is -3.29. The molecule has 0 spiro atoms. The highest BCUT2D eigenvalue weighted by atomic mass is 19.4. The number of benzene rings is 2. The number of carbonyl (C=O) groups is 2. The topological polar surface area (TPSA) is 65.2 Å². The van der Waals surface area contributed by atoms with Crippen LogP contribution in [0.1, 0.15) is 17.5 Å². The number of rotatable bonds is 5. The second kappa shape index (κ2) is 7.85. The lowest BCUT2D eigenvalue weighted by Gasteiger charge is -2.18. The van der Waals surface area contributed by atoms with Crippen molar-refractivity contribution in [2.45, 2.75) is 19.0 Å². The first kappa shape index (κ1) is 20.0. The number of anilines is 1. The minimum absolute atomic E-state index is 0.0187. The highest BCUT2D eigenvalue weighted by molar-refractivity contribution is 6.00. The Balaban J connectivity index is 1.36. The maximum atomic E-state index is 12.9. The average Bonchev–Trinajstić information content (AvgIpc) is 3.31. The third-order valence-electron chi connectivity index (χ3n) is 5.35. The Bertz CT molecular complexity index is 1090. The van der Waals surface area contributed by atoms with Crippen LogP contribution in [0.25, 0.3) is 10.9 Å². The van der Waals surface area contributed by atoms with E-state index in [1.807, 2.05) is 30.5 Å². The van der Waals surface area contributed by atoms with Crippen molar-refractivity contribution in [2.24, 2.45) is 5.92 Å². The van der Waals surface area contributed by atoms with Crippen LogP contribution in [-0.4, -0.2) is 29.9 Å². The molecule has 1 aliphatic heterocycles. The number of halogens is 3. The lowest BCUT2D eigenvalue weighted by atomic mass is 10.1. The number of nitrogens with one attached hydrogen (secondary N) is 2. The van der Waals surface area contributed by atoms with E-state index in [2.05, 4.69) is 10.3 Å². The summed E-state index contributed by atoms with van der Waals surface area (Å²) in [5.74, 6) is -1.21. The molecule has 0 bridgehead atoms. The van der Waals surface area contributed by atoms with Crippen LogP contribution in [0.4, 0.5) is 18.9 Å². The quantitative estimate of drug-likeness (QED) is 0.664. The van der Waals surface area contributed by atoms with E-state index >= 15 is 0 Å². The zero-order valence-corrected chi connectivity index (χ0v) is 16.0. The fraction of sp³-hybridized carbons (Fsp3) is 0.273. The molecule has 2 heterocycles. The van der Waals surface area contributed by atoms with E-state index in [1.165, 1.54) is 17.0 Å². The van der Waals surface area contributed by atoms with Crippen LogP contribution in [0.15, 0.2) is 54.7 Å². The Morgan fingerprint density at radius 2 is 1.97 bits per heavy atom. The molecule has 8 heteroatoms. The number of aromatic nitrogens is 1. The highest BCUT2D eigenvalue weighted by Gasteiger charge is 2.36. The molecule has 1 atom stereocenters. The predicted molar refractivity (Wildman–Crippen MR) is 107 cm³/mol. The zero-order chi connectivity index (χ0) is 21.3. The molecule has 1 aromatic heterocycles. The Labute approximate surface area is 170 Å². The standard InChI is InChI=1S/C22H20F3N3O2/c23-22(24,25)16-4-3-5-17(11-16)28-13-15(10-20(28)29)21(30)26-9-8-14-12-27-19-7-2-1-6-18(14)19/h1-7,11-12,15,27H,8-10,13H2,(H,26,30)/t15-/m1/s1. The van der Waals surface area contributed by atoms with Crippen LogP contribution in [0.5, 0.6) is 0 Å². The largest absolute Gasteiger partial charge is 0.416 e. The van der Waals surface area contributed by atoms with Gasteiger partial charge in [0.25, 0.3) is 0 Å². The first-order valence-electron chi connectivity index (χ1n) is 9.63. The maximum Gasteiger partial charge on any atom is 0.416 e. The number of amides is 2. The summed E-state index contributed by atoms with van der Waals surface area (Å²) >= 11 is 0. The minimum Gasteiger partial charge on any atom is -0.361 e. The number of aromatic amines is 1. The monoisotopic (exact) mass is 415 g/mol. The fourth-order valence-electron chi connectivity index (χ4n) is 3.79. The van der Waals surface area contributed by atoms with Crippen LogP contribution in [0.3, 0.4) is 0 Å². The van der Waals surface area contributed by atoms with E-state index in [-0.39, 0.29) is 30.5 Å². The number of hydrogen-bond acceptors (Lipinski definition) is 2. The van der Waals surface area contributed by atoms with Crippen molar-refractivity contribution in [3.8, 4) is 0 Å². The molecule has 5 nitrogen and oxygen atoms in total. The molecular formula is C22H20F3N3O2. The van der Waals surface area contributed by atoms with E-state index in [4.69, 9.17) is 0 Å². The first-order chi connectivity index (χ1) is 14.3. The van der Waals surface area contributed by atoms with Crippen molar-refractivity contribution < 1.29 is 22.8 Å². The number of carbonyl (C=O) groups excluding carboxylic acids is 2. The van der Waals surface area contributed by atoms with Crippen LogP contribution >= 0.6 is 0 Å². The van der Waals surface area contributed by atoms with Crippen molar-refractivity contribution in [3.05, 3.63) is 65.9 Å². The molecule has 4 rings (SSSR count). The van der Waals surface area contributed by atoms with Crippen molar-refractivity contribution in [2.75, 3.05) is 18.0 Å². The third kappa shape index (κ3) is 4.03. The van der Waals surface area contributed by atoms with Gasteiger partial charge in [-0.2, -0.15) is 13.2 Å². The van der Waals surface area contributed by atoms with Crippen LogP contribution < -0.4 is 10.2 Å². The molecule has 2 N–H and O–H groups in total. The summed E-state index contributed by atoms with van der Waals surface area (Å²) in [7, 11) is 0. The fourth-order valence-corrected chi connectivity index (χ4v) is 3.79. The summed E-state index contributed by atoms with van der Waals surface area (Å²) in [6.07, 6.45) is -1.97. The number of hydrogen-bond donors (Lipinski definition) is 2. The number of nitrogens with zero attached hydrogens (tertiary/aromatic N) is 1. The lowest BCUT2D eigenvalue weighted by molar-refractivity contribution is -0.137. The van der Waals surface area contributed by atoms with Crippen LogP contribution in [0, 0.1) is 5.92 Å². The number of alkyl halides is 3. The second-order valence-corrected chi connectivity index (χ2v) is 7.35.